The van der Waals surface area contributed by atoms with Gasteiger partial charge in [0.15, 0.2) is 6.10 Å². The Bertz CT molecular complexity index is 601. The van der Waals surface area contributed by atoms with Crippen LogP contribution in [0, 0.1) is 0 Å². The fraction of sp³-hybridized carbons (Fsp3) is 0.529. The van der Waals surface area contributed by atoms with Crippen LogP contribution in [-0.4, -0.2) is 42.5 Å². The van der Waals surface area contributed by atoms with Gasteiger partial charge in [-0.2, -0.15) is 0 Å². The monoisotopic (exact) mass is 302 g/mol. The molecule has 0 aromatic heterocycles. The number of rotatable bonds is 2. The average Bonchev–Trinajstić information content (AvgIpc) is 2.54. The van der Waals surface area contributed by atoms with Crippen molar-refractivity contribution < 1.29 is 14.3 Å². The summed E-state index contributed by atoms with van der Waals surface area (Å²) in [6.45, 7) is 3.14. The highest BCUT2D eigenvalue weighted by atomic mass is 16.5. The Hall–Kier alpha value is -1.88. The Morgan fingerprint density at radius 2 is 2.14 bits per heavy atom. The van der Waals surface area contributed by atoms with E-state index in [9.17, 15) is 9.59 Å². The van der Waals surface area contributed by atoms with Gasteiger partial charge in [0.2, 0.25) is 11.8 Å². The third kappa shape index (κ3) is 2.50. The second-order valence-electron chi connectivity index (χ2n) is 6.36. The third-order valence-corrected chi connectivity index (χ3v) is 4.88. The molecule has 22 heavy (non-hydrogen) atoms. The first-order valence-electron chi connectivity index (χ1n) is 7.81. The van der Waals surface area contributed by atoms with Gasteiger partial charge in [-0.15, -0.1) is 0 Å². The van der Waals surface area contributed by atoms with E-state index in [4.69, 9.17) is 10.5 Å². The first-order valence-corrected chi connectivity index (χ1v) is 7.81. The largest absolute Gasteiger partial charge is 0.367 e. The van der Waals surface area contributed by atoms with Gasteiger partial charge in [-0.25, -0.2) is 0 Å². The highest BCUT2D eigenvalue weighted by molar-refractivity contribution is 5.89. The topological polar surface area (TPSA) is 72.6 Å². The average molecular weight is 302 g/mol. The zero-order valence-electron chi connectivity index (χ0n) is 12.9. The summed E-state index contributed by atoms with van der Waals surface area (Å²) >= 11 is 0. The lowest BCUT2D eigenvalue weighted by Gasteiger charge is -2.41. The molecule has 1 aromatic carbocycles. The summed E-state index contributed by atoms with van der Waals surface area (Å²) in [5.41, 5.74) is 7.17. The van der Waals surface area contributed by atoms with Crippen molar-refractivity contribution in [1.29, 1.82) is 0 Å². The van der Waals surface area contributed by atoms with Crippen LogP contribution in [-0.2, 0) is 26.2 Å². The summed E-state index contributed by atoms with van der Waals surface area (Å²) in [4.78, 5) is 26.2. The van der Waals surface area contributed by atoms with E-state index in [-0.39, 0.29) is 12.5 Å². The molecule has 1 aliphatic carbocycles. The van der Waals surface area contributed by atoms with Gasteiger partial charge < -0.3 is 15.4 Å². The maximum atomic E-state index is 13.1. The van der Waals surface area contributed by atoms with Crippen LogP contribution in [0.5, 0.6) is 0 Å². The second kappa shape index (κ2) is 5.72. The van der Waals surface area contributed by atoms with Crippen LogP contribution >= 0.6 is 0 Å². The molecular formula is C17H22N2O3. The van der Waals surface area contributed by atoms with Crippen molar-refractivity contribution in [3.8, 4) is 0 Å². The minimum Gasteiger partial charge on any atom is -0.367 e. The van der Waals surface area contributed by atoms with E-state index in [1.807, 2.05) is 19.1 Å². The fourth-order valence-electron chi connectivity index (χ4n) is 3.62. The van der Waals surface area contributed by atoms with E-state index in [2.05, 4.69) is 12.1 Å². The summed E-state index contributed by atoms with van der Waals surface area (Å²) in [5.74, 6) is -0.430. The Morgan fingerprint density at radius 3 is 2.91 bits per heavy atom. The normalized spacial score (nSPS) is 28.0. The van der Waals surface area contributed by atoms with Gasteiger partial charge in [-0.3, -0.25) is 9.59 Å². The van der Waals surface area contributed by atoms with Gasteiger partial charge in [-0.1, -0.05) is 24.3 Å². The van der Waals surface area contributed by atoms with Crippen LogP contribution in [0.4, 0.5) is 0 Å². The fourth-order valence-corrected chi connectivity index (χ4v) is 3.62. The molecule has 2 amide bonds. The Labute approximate surface area is 130 Å². The number of aryl methyl sites for hydroxylation is 1. The SMILES string of the molecule is C[C@@]1(C(=O)N2CCO[C@H](C(N)=O)C2)CCCc2ccccc21. The Balaban J connectivity index is 1.87. The molecule has 2 N–H and O–H groups in total. The van der Waals surface area contributed by atoms with Gasteiger partial charge in [0.05, 0.1) is 18.6 Å². The number of carbonyl (C=O) groups excluding carboxylic acids is 2. The summed E-state index contributed by atoms with van der Waals surface area (Å²) in [6.07, 6.45) is 2.16. The van der Waals surface area contributed by atoms with Crippen molar-refractivity contribution >= 4 is 11.8 Å². The minimum absolute atomic E-state index is 0.0780. The number of fused-ring (bicyclic) bond motifs is 1. The molecule has 5 nitrogen and oxygen atoms in total. The Kier molecular flexibility index (Phi) is 3.91. The van der Waals surface area contributed by atoms with Gasteiger partial charge in [0.1, 0.15) is 0 Å². The number of carbonyl (C=O) groups is 2. The molecule has 0 radical (unpaired) electrons. The molecular weight excluding hydrogens is 280 g/mol. The van der Waals surface area contributed by atoms with Crippen LogP contribution in [0.1, 0.15) is 30.9 Å². The van der Waals surface area contributed by atoms with Gasteiger partial charge in [-0.05, 0) is 37.3 Å². The van der Waals surface area contributed by atoms with Crippen molar-refractivity contribution in [3.63, 3.8) is 0 Å². The quantitative estimate of drug-likeness (QED) is 0.885. The van der Waals surface area contributed by atoms with E-state index in [1.54, 1.807) is 4.90 Å². The first-order chi connectivity index (χ1) is 10.5. The highest BCUT2D eigenvalue weighted by Crippen LogP contribution is 2.38. The van der Waals surface area contributed by atoms with Gasteiger partial charge >= 0.3 is 0 Å². The first kappa shape index (κ1) is 15.0. The number of primary amides is 1. The zero-order valence-corrected chi connectivity index (χ0v) is 12.9. The van der Waals surface area contributed by atoms with Crippen molar-refractivity contribution in [2.45, 2.75) is 37.7 Å². The van der Waals surface area contributed by atoms with Crippen LogP contribution in [0.3, 0.4) is 0 Å². The number of ether oxygens (including phenoxy) is 1. The van der Waals surface area contributed by atoms with E-state index in [1.165, 1.54) is 5.56 Å². The molecule has 0 saturated carbocycles. The predicted octanol–water partition coefficient (Wildman–Crippen LogP) is 0.993. The maximum absolute atomic E-state index is 13.1. The van der Waals surface area contributed by atoms with E-state index in [0.717, 1.165) is 24.8 Å². The Morgan fingerprint density at radius 1 is 1.36 bits per heavy atom. The smallest absolute Gasteiger partial charge is 0.248 e. The molecule has 1 heterocycles. The van der Waals surface area contributed by atoms with Crippen molar-refractivity contribution in [2.75, 3.05) is 19.7 Å². The van der Waals surface area contributed by atoms with Crippen LogP contribution in [0.2, 0.25) is 0 Å². The number of nitrogens with zero attached hydrogens (tertiary/aromatic N) is 1. The molecule has 5 heteroatoms. The standard InChI is InChI=1S/C17H22N2O3/c1-17(8-4-6-12-5-2-3-7-13(12)17)16(21)19-9-10-22-14(11-19)15(18)20/h2-3,5,7,14H,4,6,8-11H2,1H3,(H2,18,20)/t14-,17+/m0/s1. The highest BCUT2D eigenvalue weighted by Gasteiger charge is 2.42. The molecule has 1 aliphatic heterocycles. The molecule has 1 saturated heterocycles. The predicted molar refractivity (Wildman–Crippen MR) is 82.2 cm³/mol. The van der Waals surface area contributed by atoms with Gasteiger partial charge in [0, 0.05) is 6.54 Å². The lowest BCUT2D eigenvalue weighted by Crippen LogP contribution is -2.55. The summed E-state index contributed by atoms with van der Waals surface area (Å²) in [5, 5.41) is 0. The zero-order chi connectivity index (χ0) is 15.7. The van der Waals surface area contributed by atoms with Gasteiger partial charge in [0.25, 0.3) is 0 Å². The van der Waals surface area contributed by atoms with Crippen LogP contribution in [0.15, 0.2) is 24.3 Å². The van der Waals surface area contributed by atoms with Crippen molar-refractivity contribution in [1.82, 2.24) is 4.90 Å². The molecule has 1 fully saturated rings. The summed E-state index contributed by atoms with van der Waals surface area (Å²) < 4.78 is 5.34. The molecule has 118 valence electrons. The molecule has 0 spiro atoms. The molecule has 3 rings (SSSR count). The minimum atomic E-state index is -0.694. The molecule has 0 unspecified atom stereocenters. The van der Waals surface area contributed by atoms with E-state index < -0.39 is 17.4 Å². The molecule has 0 bridgehead atoms. The second-order valence-corrected chi connectivity index (χ2v) is 6.36. The molecule has 2 atom stereocenters. The number of benzene rings is 1. The number of hydrogen-bond acceptors (Lipinski definition) is 3. The number of morpholine rings is 1. The van der Waals surface area contributed by atoms with E-state index >= 15 is 0 Å². The molecule has 2 aliphatic rings. The number of hydrogen-bond donors (Lipinski definition) is 1. The lowest BCUT2D eigenvalue weighted by atomic mass is 9.70. The van der Waals surface area contributed by atoms with Crippen LogP contribution < -0.4 is 5.73 Å². The van der Waals surface area contributed by atoms with Crippen molar-refractivity contribution in [3.05, 3.63) is 35.4 Å². The number of amides is 2. The van der Waals surface area contributed by atoms with Crippen LogP contribution in [0.25, 0.3) is 0 Å². The molecule has 1 aromatic rings. The van der Waals surface area contributed by atoms with E-state index in [0.29, 0.717) is 13.2 Å². The summed E-state index contributed by atoms with van der Waals surface area (Å²) in [6, 6.07) is 8.16. The maximum Gasteiger partial charge on any atom is 0.248 e. The lowest BCUT2D eigenvalue weighted by molar-refractivity contribution is -0.149. The van der Waals surface area contributed by atoms with Crippen molar-refractivity contribution in [2.24, 2.45) is 5.73 Å². The third-order valence-electron chi connectivity index (χ3n) is 4.88. The number of nitrogens with two attached hydrogens (primary N) is 1. The summed E-state index contributed by atoms with van der Waals surface area (Å²) in [7, 11) is 0.